The molecule has 0 spiro atoms. The number of rotatable bonds is 1. The molecule has 17 heavy (non-hydrogen) atoms. The molecule has 0 aliphatic heterocycles. The Bertz CT molecular complexity index is 566. The van der Waals surface area contributed by atoms with E-state index in [2.05, 4.69) is 28.7 Å². The summed E-state index contributed by atoms with van der Waals surface area (Å²) in [4.78, 5) is 4.66. The van der Waals surface area contributed by atoms with Gasteiger partial charge in [-0.15, -0.1) is 0 Å². The summed E-state index contributed by atoms with van der Waals surface area (Å²) in [7, 11) is 2.06. The highest BCUT2D eigenvalue weighted by molar-refractivity contribution is 5.78. The number of nitrogens with zero attached hydrogens (tertiary/aromatic N) is 2. The van der Waals surface area contributed by atoms with Crippen LogP contribution < -0.4 is 5.73 Å². The van der Waals surface area contributed by atoms with Crippen LogP contribution >= 0.6 is 0 Å². The van der Waals surface area contributed by atoms with Crippen LogP contribution in [0.5, 0.6) is 0 Å². The summed E-state index contributed by atoms with van der Waals surface area (Å²) >= 11 is 0. The van der Waals surface area contributed by atoms with Crippen LogP contribution in [-0.2, 0) is 19.9 Å². The number of fused-ring (bicyclic) bond motifs is 2. The van der Waals surface area contributed by atoms with Gasteiger partial charge in [0, 0.05) is 7.05 Å². The zero-order valence-corrected chi connectivity index (χ0v) is 10.5. The summed E-state index contributed by atoms with van der Waals surface area (Å²) in [5, 5.41) is 0. The minimum Gasteiger partial charge on any atom is -0.330 e. The average Bonchev–Trinajstić information content (AvgIpc) is 2.64. The first-order chi connectivity index (χ1) is 8.16. The number of aryl methyl sites for hydroxylation is 3. The molecule has 1 aromatic heterocycles. The van der Waals surface area contributed by atoms with Gasteiger partial charge < -0.3 is 10.3 Å². The van der Waals surface area contributed by atoms with E-state index in [4.69, 9.17) is 5.73 Å². The van der Waals surface area contributed by atoms with Gasteiger partial charge in [-0.3, -0.25) is 0 Å². The predicted octanol–water partition coefficient (Wildman–Crippen LogP) is 2.47. The summed E-state index contributed by atoms with van der Waals surface area (Å²) in [6.07, 6.45) is 5.04. The fraction of sp³-hybridized carbons (Fsp3) is 0.500. The number of imidazole rings is 1. The van der Waals surface area contributed by atoms with Gasteiger partial charge >= 0.3 is 0 Å². The second kappa shape index (κ2) is 3.84. The molecule has 1 heterocycles. The molecule has 1 unspecified atom stereocenters. The molecule has 3 nitrogen and oxygen atoms in total. The van der Waals surface area contributed by atoms with E-state index >= 15 is 0 Å². The van der Waals surface area contributed by atoms with Gasteiger partial charge in [0.25, 0.3) is 0 Å². The molecule has 0 bridgehead atoms. The molecule has 0 saturated carbocycles. The molecule has 2 aromatic rings. The van der Waals surface area contributed by atoms with E-state index in [1.54, 1.807) is 0 Å². The van der Waals surface area contributed by atoms with Crippen molar-refractivity contribution in [3.8, 4) is 0 Å². The predicted molar refractivity (Wildman–Crippen MR) is 70.0 cm³/mol. The molecule has 90 valence electrons. The van der Waals surface area contributed by atoms with Crippen LogP contribution in [0.1, 0.15) is 42.8 Å². The molecule has 0 fully saturated rings. The highest BCUT2D eigenvalue weighted by atomic mass is 15.1. The van der Waals surface area contributed by atoms with Gasteiger partial charge in [-0.25, -0.2) is 4.98 Å². The lowest BCUT2D eigenvalue weighted by molar-refractivity contribution is 0.685. The normalized spacial score (nSPS) is 17.1. The van der Waals surface area contributed by atoms with E-state index in [0.717, 1.165) is 11.3 Å². The third-order valence-corrected chi connectivity index (χ3v) is 3.79. The second-order valence-corrected chi connectivity index (χ2v) is 5.13. The monoisotopic (exact) mass is 229 g/mol. The molecule has 1 atom stereocenters. The molecule has 3 rings (SSSR count). The van der Waals surface area contributed by atoms with Gasteiger partial charge in [0.05, 0.1) is 17.1 Å². The molecule has 1 aromatic carbocycles. The maximum absolute atomic E-state index is 5.95. The van der Waals surface area contributed by atoms with Crippen LogP contribution in [0.4, 0.5) is 0 Å². The lowest BCUT2D eigenvalue weighted by Crippen LogP contribution is -2.11. The Morgan fingerprint density at radius 1 is 1.24 bits per heavy atom. The Labute approximate surface area is 102 Å². The largest absolute Gasteiger partial charge is 0.330 e. The van der Waals surface area contributed by atoms with Crippen LogP contribution in [0.2, 0.25) is 0 Å². The molecule has 2 N–H and O–H groups in total. The molecule has 1 aliphatic rings. The summed E-state index contributed by atoms with van der Waals surface area (Å²) in [6, 6.07) is 4.56. The standard InChI is InChI=1S/C14H19N3/c1-9(15)14-16-12-7-10-5-3-4-6-11(10)8-13(12)17(14)2/h7-9H,3-6,15H2,1-2H3. The van der Waals surface area contributed by atoms with Crippen LogP contribution in [0.25, 0.3) is 11.0 Å². The van der Waals surface area contributed by atoms with Crippen molar-refractivity contribution in [2.24, 2.45) is 12.8 Å². The lowest BCUT2D eigenvalue weighted by Gasteiger charge is -2.15. The molecule has 3 heteroatoms. The summed E-state index contributed by atoms with van der Waals surface area (Å²) in [6.45, 7) is 1.99. The van der Waals surface area contributed by atoms with Gasteiger partial charge in [-0.2, -0.15) is 0 Å². The van der Waals surface area contributed by atoms with Crippen LogP contribution in [-0.4, -0.2) is 9.55 Å². The fourth-order valence-electron chi connectivity index (χ4n) is 2.85. The van der Waals surface area contributed by atoms with E-state index in [1.807, 2.05) is 6.92 Å². The smallest absolute Gasteiger partial charge is 0.126 e. The summed E-state index contributed by atoms with van der Waals surface area (Å²) < 4.78 is 2.13. The minimum absolute atomic E-state index is 0.00979. The zero-order valence-electron chi connectivity index (χ0n) is 10.5. The maximum Gasteiger partial charge on any atom is 0.126 e. The summed E-state index contributed by atoms with van der Waals surface area (Å²) in [5.74, 6) is 0.974. The number of hydrogen-bond donors (Lipinski definition) is 1. The van der Waals surface area contributed by atoms with Crippen molar-refractivity contribution in [2.75, 3.05) is 0 Å². The van der Waals surface area contributed by atoms with E-state index in [9.17, 15) is 0 Å². The van der Waals surface area contributed by atoms with Gasteiger partial charge in [-0.05, 0) is 55.9 Å². The highest BCUT2D eigenvalue weighted by Crippen LogP contribution is 2.27. The van der Waals surface area contributed by atoms with Gasteiger partial charge in [-0.1, -0.05) is 0 Å². The van der Waals surface area contributed by atoms with E-state index < -0.39 is 0 Å². The molecule has 1 aliphatic carbocycles. The Hall–Kier alpha value is -1.35. The molecule has 0 radical (unpaired) electrons. The van der Waals surface area contributed by atoms with Crippen molar-refractivity contribution in [1.29, 1.82) is 0 Å². The SMILES string of the molecule is CC(N)c1nc2cc3c(cc2n1C)CCCC3. The van der Waals surface area contributed by atoms with Gasteiger partial charge in [0.15, 0.2) is 0 Å². The first-order valence-electron chi connectivity index (χ1n) is 6.40. The first-order valence-corrected chi connectivity index (χ1v) is 6.40. The van der Waals surface area contributed by atoms with Crippen molar-refractivity contribution in [2.45, 2.75) is 38.6 Å². The molecular formula is C14H19N3. The zero-order chi connectivity index (χ0) is 12.0. The highest BCUT2D eigenvalue weighted by Gasteiger charge is 2.15. The van der Waals surface area contributed by atoms with Gasteiger partial charge in [0.1, 0.15) is 5.82 Å². The molecular weight excluding hydrogens is 210 g/mol. The third-order valence-electron chi connectivity index (χ3n) is 3.79. The number of aromatic nitrogens is 2. The second-order valence-electron chi connectivity index (χ2n) is 5.13. The number of benzene rings is 1. The van der Waals surface area contributed by atoms with E-state index in [1.165, 1.54) is 42.3 Å². The maximum atomic E-state index is 5.95. The topological polar surface area (TPSA) is 43.8 Å². The van der Waals surface area contributed by atoms with Crippen LogP contribution in [0, 0.1) is 0 Å². The number of nitrogens with two attached hydrogens (primary N) is 1. The average molecular weight is 229 g/mol. The van der Waals surface area contributed by atoms with Crippen LogP contribution in [0.3, 0.4) is 0 Å². The van der Waals surface area contributed by atoms with E-state index in [-0.39, 0.29) is 6.04 Å². The molecule has 0 amide bonds. The van der Waals surface area contributed by atoms with Crippen LogP contribution in [0.15, 0.2) is 12.1 Å². The Balaban J connectivity index is 2.23. The molecule has 0 saturated heterocycles. The first kappa shape index (κ1) is 10.8. The van der Waals surface area contributed by atoms with E-state index in [0.29, 0.717) is 0 Å². The third kappa shape index (κ3) is 1.65. The quantitative estimate of drug-likeness (QED) is 0.816. The lowest BCUT2D eigenvalue weighted by atomic mass is 9.91. The summed E-state index contributed by atoms with van der Waals surface area (Å²) in [5.41, 5.74) is 11.3. The Morgan fingerprint density at radius 2 is 1.88 bits per heavy atom. The minimum atomic E-state index is -0.00979. The van der Waals surface area contributed by atoms with Crippen molar-refractivity contribution < 1.29 is 0 Å². The van der Waals surface area contributed by atoms with Gasteiger partial charge in [0.2, 0.25) is 0 Å². The van der Waals surface area contributed by atoms with Crippen molar-refractivity contribution in [3.05, 3.63) is 29.1 Å². The Kier molecular flexibility index (Phi) is 2.44. The Morgan fingerprint density at radius 3 is 2.53 bits per heavy atom. The number of hydrogen-bond acceptors (Lipinski definition) is 2. The van der Waals surface area contributed by atoms with Crippen molar-refractivity contribution >= 4 is 11.0 Å². The van der Waals surface area contributed by atoms with Crippen molar-refractivity contribution in [3.63, 3.8) is 0 Å². The fourth-order valence-corrected chi connectivity index (χ4v) is 2.85. The van der Waals surface area contributed by atoms with Crippen molar-refractivity contribution in [1.82, 2.24) is 9.55 Å².